The highest BCUT2D eigenvalue weighted by molar-refractivity contribution is 9.10. The summed E-state index contributed by atoms with van der Waals surface area (Å²) in [5, 5.41) is 2.73. The summed E-state index contributed by atoms with van der Waals surface area (Å²) in [4.78, 5) is 51.5. The van der Waals surface area contributed by atoms with E-state index < -0.39 is 12.0 Å². The van der Waals surface area contributed by atoms with Gasteiger partial charge in [-0.1, -0.05) is 40.2 Å². The number of fused-ring (bicyclic) bond motifs is 2. The van der Waals surface area contributed by atoms with Crippen LogP contribution < -0.4 is 5.32 Å². The van der Waals surface area contributed by atoms with Crippen LogP contribution in [-0.2, 0) is 14.3 Å². The molecule has 0 spiro atoms. The van der Waals surface area contributed by atoms with Crippen molar-refractivity contribution in [2.75, 3.05) is 5.32 Å². The van der Waals surface area contributed by atoms with Crippen LogP contribution in [0.25, 0.3) is 0 Å². The molecule has 4 bridgehead atoms. The molecular formula is C29H28BrNO5. The van der Waals surface area contributed by atoms with Crippen molar-refractivity contribution in [3.63, 3.8) is 0 Å². The Kier molecular flexibility index (Phi) is 5.48. The molecule has 2 aromatic carbocycles. The smallest absolute Gasteiger partial charge is 0.307 e. The standard InChI is InChI=1S/C29H28BrNO5/c1-16(36-24(32)14-28-10-17-8-18(11-28)13-29(30,12-17)15-28)27(35)31-19-6-7-22-23(9-19)26(34)21-5-3-2-4-20(21)25(22)33/h2-7,9,16-18H,8,10-15H2,1H3,(H,31,35)/t16-,17+,18+,28?,29?/m0/s1. The topological polar surface area (TPSA) is 89.5 Å². The molecule has 0 aromatic heterocycles. The first-order chi connectivity index (χ1) is 17.1. The Morgan fingerprint density at radius 2 is 1.58 bits per heavy atom. The zero-order valence-electron chi connectivity index (χ0n) is 20.1. The van der Waals surface area contributed by atoms with Gasteiger partial charge in [0.25, 0.3) is 5.91 Å². The van der Waals surface area contributed by atoms with Crippen molar-refractivity contribution in [2.45, 2.75) is 62.3 Å². The Labute approximate surface area is 218 Å². The fourth-order valence-corrected chi connectivity index (χ4v) is 9.07. The van der Waals surface area contributed by atoms with Gasteiger partial charge in [-0.2, -0.15) is 0 Å². The third-order valence-corrected chi connectivity index (χ3v) is 9.43. The molecule has 0 unspecified atom stereocenters. The average molecular weight is 550 g/mol. The third kappa shape index (κ3) is 4.01. The van der Waals surface area contributed by atoms with Gasteiger partial charge in [0.2, 0.25) is 0 Å². The summed E-state index contributed by atoms with van der Waals surface area (Å²) < 4.78 is 5.73. The highest BCUT2D eigenvalue weighted by Crippen LogP contribution is 2.65. The van der Waals surface area contributed by atoms with E-state index >= 15 is 0 Å². The number of rotatable bonds is 5. The molecule has 3 atom stereocenters. The molecule has 0 radical (unpaired) electrons. The summed E-state index contributed by atoms with van der Waals surface area (Å²) in [5.74, 6) is 0.0694. The van der Waals surface area contributed by atoms with Crippen LogP contribution in [0.3, 0.4) is 0 Å². The number of ether oxygens (including phenoxy) is 1. The summed E-state index contributed by atoms with van der Waals surface area (Å²) in [6, 6.07) is 11.4. The minimum Gasteiger partial charge on any atom is -0.453 e. The highest BCUT2D eigenvalue weighted by atomic mass is 79.9. The molecule has 1 N–H and O–H groups in total. The Hall–Kier alpha value is -2.80. The predicted octanol–water partition coefficient (Wildman–Crippen LogP) is 5.46. The van der Waals surface area contributed by atoms with Crippen LogP contribution in [0.2, 0.25) is 0 Å². The van der Waals surface area contributed by atoms with Crippen molar-refractivity contribution >= 4 is 45.1 Å². The Balaban J connectivity index is 1.11. The van der Waals surface area contributed by atoms with E-state index in [1.165, 1.54) is 25.3 Å². The maximum atomic E-state index is 13.0. The quantitative estimate of drug-likeness (QED) is 0.337. The maximum absolute atomic E-state index is 13.0. The summed E-state index contributed by atoms with van der Waals surface area (Å²) in [5.41, 5.74) is 1.67. The van der Waals surface area contributed by atoms with Crippen LogP contribution in [-0.4, -0.2) is 33.9 Å². The Morgan fingerprint density at radius 3 is 2.22 bits per heavy atom. The van der Waals surface area contributed by atoms with Crippen LogP contribution in [0.1, 0.15) is 83.7 Å². The van der Waals surface area contributed by atoms with Crippen molar-refractivity contribution in [3.8, 4) is 0 Å². The van der Waals surface area contributed by atoms with E-state index in [2.05, 4.69) is 21.2 Å². The third-order valence-electron chi connectivity index (χ3n) is 8.50. The lowest BCUT2D eigenvalue weighted by molar-refractivity contribution is -0.159. The lowest BCUT2D eigenvalue weighted by Gasteiger charge is -2.60. The largest absolute Gasteiger partial charge is 0.453 e. The summed E-state index contributed by atoms with van der Waals surface area (Å²) >= 11 is 3.98. The molecule has 0 saturated heterocycles. The van der Waals surface area contributed by atoms with Crippen LogP contribution in [0.4, 0.5) is 5.69 Å². The number of amides is 1. The van der Waals surface area contributed by atoms with Gasteiger partial charge < -0.3 is 10.1 Å². The lowest BCUT2D eigenvalue weighted by atomic mass is 9.49. The monoisotopic (exact) mass is 549 g/mol. The van der Waals surface area contributed by atoms with Gasteiger partial charge in [0, 0.05) is 32.3 Å². The molecule has 7 rings (SSSR count). The molecule has 1 amide bonds. The fraction of sp³-hybridized carbons (Fsp3) is 0.448. The molecule has 7 heteroatoms. The van der Waals surface area contributed by atoms with Crippen LogP contribution in [0.5, 0.6) is 0 Å². The normalized spacial score (nSPS) is 30.4. The van der Waals surface area contributed by atoms with E-state index in [1.807, 2.05) is 0 Å². The highest BCUT2D eigenvalue weighted by Gasteiger charge is 2.57. The molecule has 4 saturated carbocycles. The molecule has 2 aromatic rings. The van der Waals surface area contributed by atoms with Gasteiger partial charge in [-0.15, -0.1) is 0 Å². The number of halogens is 1. The number of benzene rings is 2. The van der Waals surface area contributed by atoms with E-state index in [4.69, 9.17) is 4.74 Å². The number of carbonyl (C=O) groups is 4. The van der Waals surface area contributed by atoms with Gasteiger partial charge in [-0.3, -0.25) is 19.2 Å². The number of esters is 1. The number of alkyl halides is 1. The van der Waals surface area contributed by atoms with Gasteiger partial charge >= 0.3 is 5.97 Å². The van der Waals surface area contributed by atoms with E-state index in [9.17, 15) is 19.2 Å². The van der Waals surface area contributed by atoms with Crippen LogP contribution in [0, 0.1) is 17.3 Å². The molecule has 0 heterocycles. The Bertz CT molecular complexity index is 1300. The SMILES string of the molecule is C[C@H](OC(=O)CC12C[C@H]3C[C@@H](CC(Br)(C3)C1)C2)C(=O)Nc1ccc2c(c1)C(=O)c1ccccc1C2=O. The lowest BCUT2D eigenvalue weighted by Crippen LogP contribution is -2.53. The van der Waals surface area contributed by atoms with Gasteiger partial charge in [-0.05, 0) is 80.9 Å². The van der Waals surface area contributed by atoms with E-state index in [0.29, 0.717) is 40.6 Å². The molecule has 36 heavy (non-hydrogen) atoms. The molecule has 0 aliphatic heterocycles. The molecule has 186 valence electrons. The number of carbonyl (C=O) groups excluding carboxylic acids is 4. The zero-order valence-corrected chi connectivity index (χ0v) is 21.7. The van der Waals surface area contributed by atoms with E-state index in [1.54, 1.807) is 43.3 Å². The summed E-state index contributed by atoms with van der Waals surface area (Å²) in [6.07, 6.45) is 6.16. The fourth-order valence-electron chi connectivity index (χ4n) is 7.56. The van der Waals surface area contributed by atoms with Crippen LogP contribution >= 0.6 is 15.9 Å². The summed E-state index contributed by atoms with van der Waals surface area (Å²) in [6.45, 7) is 1.56. The minimum absolute atomic E-state index is 0.0253. The molecule has 5 aliphatic carbocycles. The maximum Gasteiger partial charge on any atom is 0.307 e. The number of anilines is 1. The zero-order chi connectivity index (χ0) is 25.2. The molecule has 5 aliphatic rings. The van der Waals surface area contributed by atoms with Gasteiger partial charge in [0.1, 0.15) is 0 Å². The number of ketones is 2. The number of hydrogen-bond donors (Lipinski definition) is 1. The predicted molar refractivity (Wildman–Crippen MR) is 137 cm³/mol. The first-order valence-electron chi connectivity index (χ1n) is 12.7. The van der Waals surface area contributed by atoms with Gasteiger partial charge in [0.15, 0.2) is 17.7 Å². The summed E-state index contributed by atoms with van der Waals surface area (Å²) in [7, 11) is 0. The average Bonchev–Trinajstić information content (AvgIpc) is 2.80. The second kappa shape index (κ2) is 8.37. The van der Waals surface area contributed by atoms with E-state index in [0.717, 1.165) is 19.3 Å². The van der Waals surface area contributed by atoms with Crippen molar-refractivity contribution in [1.82, 2.24) is 0 Å². The first kappa shape index (κ1) is 23.6. The molecule has 4 fully saturated rings. The van der Waals surface area contributed by atoms with Gasteiger partial charge in [-0.25, -0.2) is 0 Å². The van der Waals surface area contributed by atoms with Crippen molar-refractivity contribution in [3.05, 3.63) is 64.7 Å². The van der Waals surface area contributed by atoms with Gasteiger partial charge in [0.05, 0.1) is 6.42 Å². The first-order valence-corrected chi connectivity index (χ1v) is 13.4. The second-order valence-electron chi connectivity index (χ2n) is 11.4. The molecule has 6 nitrogen and oxygen atoms in total. The van der Waals surface area contributed by atoms with Crippen molar-refractivity contribution < 1.29 is 23.9 Å². The molecular weight excluding hydrogens is 522 g/mol. The van der Waals surface area contributed by atoms with Crippen molar-refractivity contribution in [1.29, 1.82) is 0 Å². The second-order valence-corrected chi connectivity index (χ2v) is 13.1. The number of hydrogen-bond acceptors (Lipinski definition) is 5. The minimum atomic E-state index is -0.974. The van der Waals surface area contributed by atoms with Crippen molar-refractivity contribution in [2.24, 2.45) is 17.3 Å². The van der Waals surface area contributed by atoms with E-state index in [-0.39, 0.29) is 32.8 Å². The van der Waals surface area contributed by atoms with Crippen LogP contribution in [0.15, 0.2) is 42.5 Å². The Morgan fingerprint density at radius 1 is 0.972 bits per heavy atom. The number of nitrogens with one attached hydrogen (secondary N) is 1.